The summed E-state index contributed by atoms with van der Waals surface area (Å²) in [6.45, 7) is 0. The van der Waals surface area contributed by atoms with Crippen LogP contribution in [-0.4, -0.2) is 9.80 Å². The first kappa shape index (κ1) is 9.21. The van der Waals surface area contributed by atoms with Gasteiger partial charge in [-0.15, -0.1) is 0 Å². The first-order valence-corrected chi connectivity index (χ1v) is 4.90. The number of phenols is 1. The lowest BCUT2D eigenvalue weighted by molar-refractivity contribution is 0.109. The summed E-state index contributed by atoms with van der Waals surface area (Å²) in [4.78, 5) is 11.2. The van der Waals surface area contributed by atoms with Crippen molar-refractivity contribution in [3.63, 3.8) is 0 Å². The van der Waals surface area contributed by atoms with Gasteiger partial charge in [-0.25, -0.2) is 0 Å². The number of benzene rings is 2. The Balaban J connectivity index is 2.90. The highest BCUT2D eigenvalue weighted by molar-refractivity contribution is 9.18. The second kappa shape index (κ2) is 3.42. The summed E-state index contributed by atoms with van der Waals surface area (Å²) >= 11 is 2.86. The van der Waals surface area contributed by atoms with Gasteiger partial charge in [-0.3, -0.25) is 4.79 Å². The summed E-state index contributed by atoms with van der Waals surface area (Å²) in [5.41, 5.74) is 0.322. The predicted molar refractivity (Wildman–Crippen MR) is 58.9 cm³/mol. The topological polar surface area (TPSA) is 37.3 Å². The third-order valence-corrected chi connectivity index (χ3v) is 2.50. The summed E-state index contributed by atoms with van der Waals surface area (Å²) in [5, 5.41) is 11.2. The molecule has 1 N–H and O–H groups in total. The molecule has 0 aliphatic heterocycles. The molecule has 0 bridgehead atoms. The average molecular weight is 251 g/mol. The van der Waals surface area contributed by atoms with Crippen LogP contribution < -0.4 is 0 Å². The Bertz CT molecular complexity index is 506. The van der Waals surface area contributed by atoms with E-state index in [1.165, 1.54) is 6.07 Å². The van der Waals surface area contributed by atoms with Gasteiger partial charge in [0.2, 0.25) is 4.69 Å². The highest BCUT2D eigenvalue weighted by atomic mass is 79.9. The zero-order chi connectivity index (χ0) is 10.1. The summed E-state index contributed by atoms with van der Waals surface area (Å²) in [7, 11) is 0. The molecule has 0 atom stereocenters. The first-order valence-electron chi connectivity index (χ1n) is 4.10. The molecule has 0 spiro atoms. The normalized spacial score (nSPS) is 10.4. The fraction of sp³-hybridized carbons (Fsp3) is 0. The number of hydrogen-bond acceptors (Lipinski definition) is 2. The van der Waals surface area contributed by atoms with Crippen LogP contribution in [-0.2, 0) is 0 Å². The van der Waals surface area contributed by atoms with E-state index in [2.05, 4.69) is 15.9 Å². The van der Waals surface area contributed by atoms with E-state index in [0.717, 1.165) is 10.8 Å². The number of phenolic OH excluding ortho intramolecular Hbond substituents is 1. The van der Waals surface area contributed by atoms with Gasteiger partial charge in [-0.05, 0) is 32.8 Å². The molecule has 0 unspecified atom stereocenters. The molecule has 0 amide bonds. The fourth-order valence-corrected chi connectivity index (χ4v) is 1.88. The Hall–Kier alpha value is -1.35. The molecule has 0 saturated carbocycles. The van der Waals surface area contributed by atoms with E-state index in [-0.39, 0.29) is 10.4 Å². The SMILES string of the molecule is O=C(Br)c1c(O)ccc2ccccc12. The molecule has 0 heterocycles. The van der Waals surface area contributed by atoms with Gasteiger partial charge in [0.05, 0.1) is 5.56 Å². The van der Waals surface area contributed by atoms with Crippen LogP contribution in [0.4, 0.5) is 0 Å². The number of halogens is 1. The molecule has 2 aromatic rings. The van der Waals surface area contributed by atoms with Crippen molar-refractivity contribution in [2.75, 3.05) is 0 Å². The molecule has 2 nitrogen and oxygen atoms in total. The lowest BCUT2D eigenvalue weighted by Gasteiger charge is -2.04. The van der Waals surface area contributed by atoms with Crippen molar-refractivity contribution in [1.29, 1.82) is 0 Å². The van der Waals surface area contributed by atoms with E-state index >= 15 is 0 Å². The number of rotatable bonds is 1. The van der Waals surface area contributed by atoms with Crippen LogP contribution >= 0.6 is 15.9 Å². The monoisotopic (exact) mass is 250 g/mol. The molecule has 0 aliphatic rings. The number of carbonyl (C=O) groups excluding carboxylic acids is 1. The molecule has 0 aliphatic carbocycles. The largest absolute Gasteiger partial charge is 0.507 e. The van der Waals surface area contributed by atoms with Gasteiger partial charge in [0, 0.05) is 0 Å². The number of carbonyl (C=O) groups is 1. The summed E-state index contributed by atoms with van der Waals surface area (Å²) < 4.78 is -0.299. The minimum absolute atomic E-state index is 0.00516. The quantitative estimate of drug-likeness (QED) is 0.791. The van der Waals surface area contributed by atoms with Gasteiger partial charge < -0.3 is 5.11 Å². The van der Waals surface area contributed by atoms with Gasteiger partial charge in [-0.1, -0.05) is 30.3 Å². The van der Waals surface area contributed by atoms with E-state index in [1.54, 1.807) is 6.07 Å². The van der Waals surface area contributed by atoms with E-state index < -0.39 is 0 Å². The zero-order valence-corrected chi connectivity index (χ0v) is 8.78. The Morgan fingerprint density at radius 2 is 1.86 bits per heavy atom. The smallest absolute Gasteiger partial charge is 0.232 e. The molecule has 70 valence electrons. The molecule has 0 saturated heterocycles. The predicted octanol–water partition coefficient (Wildman–Crippen LogP) is 3.08. The minimum Gasteiger partial charge on any atom is -0.507 e. The Labute approximate surface area is 89.3 Å². The highest BCUT2D eigenvalue weighted by Crippen LogP contribution is 2.28. The third-order valence-electron chi connectivity index (χ3n) is 2.10. The molecule has 0 fully saturated rings. The Morgan fingerprint density at radius 3 is 2.57 bits per heavy atom. The van der Waals surface area contributed by atoms with E-state index in [9.17, 15) is 9.90 Å². The van der Waals surface area contributed by atoms with E-state index in [0.29, 0.717) is 5.56 Å². The number of aromatic hydroxyl groups is 1. The van der Waals surface area contributed by atoms with Gasteiger partial charge in [0.1, 0.15) is 5.75 Å². The van der Waals surface area contributed by atoms with Crippen molar-refractivity contribution < 1.29 is 9.90 Å². The molecule has 14 heavy (non-hydrogen) atoms. The van der Waals surface area contributed by atoms with Crippen LogP contribution in [0, 0.1) is 0 Å². The molecular weight excluding hydrogens is 244 g/mol. The maximum atomic E-state index is 11.2. The maximum absolute atomic E-state index is 11.2. The van der Waals surface area contributed by atoms with Gasteiger partial charge >= 0.3 is 0 Å². The molecule has 0 radical (unpaired) electrons. The Morgan fingerprint density at radius 1 is 1.14 bits per heavy atom. The summed E-state index contributed by atoms with van der Waals surface area (Å²) in [5.74, 6) is 0.00516. The van der Waals surface area contributed by atoms with Gasteiger partial charge in [-0.2, -0.15) is 0 Å². The number of fused-ring (bicyclic) bond motifs is 1. The van der Waals surface area contributed by atoms with Crippen molar-refractivity contribution in [3.8, 4) is 5.75 Å². The van der Waals surface area contributed by atoms with E-state index in [4.69, 9.17) is 0 Å². The molecule has 2 aromatic carbocycles. The second-order valence-corrected chi connectivity index (χ2v) is 3.67. The lowest BCUT2D eigenvalue weighted by Crippen LogP contribution is -1.90. The fourth-order valence-electron chi connectivity index (χ4n) is 1.47. The maximum Gasteiger partial charge on any atom is 0.232 e. The van der Waals surface area contributed by atoms with Crippen LogP contribution in [0.5, 0.6) is 5.75 Å². The second-order valence-electron chi connectivity index (χ2n) is 2.95. The van der Waals surface area contributed by atoms with Gasteiger partial charge in [0.25, 0.3) is 0 Å². The highest BCUT2D eigenvalue weighted by Gasteiger charge is 2.11. The van der Waals surface area contributed by atoms with Crippen LogP contribution in [0.2, 0.25) is 0 Å². The molecule has 0 aromatic heterocycles. The Kier molecular flexibility index (Phi) is 2.25. The molecule has 2 rings (SSSR count). The van der Waals surface area contributed by atoms with Crippen molar-refractivity contribution in [2.24, 2.45) is 0 Å². The van der Waals surface area contributed by atoms with Crippen LogP contribution in [0.1, 0.15) is 10.4 Å². The van der Waals surface area contributed by atoms with Crippen LogP contribution in [0.15, 0.2) is 36.4 Å². The van der Waals surface area contributed by atoms with Gasteiger partial charge in [0.15, 0.2) is 0 Å². The average Bonchev–Trinajstić information content (AvgIpc) is 2.17. The van der Waals surface area contributed by atoms with E-state index in [1.807, 2.05) is 24.3 Å². The summed E-state index contributed by atoms with van der Waals surface area (Å²) in [6.07, 6.45) is 0. The van der Waals surface area contributed by atoms with Crippen molar-refractivity contribution in [1.82, 2.24) is 0 Å². The summed E-state index contributed by atoms with van der Waals surface area (Å²) in [6, 6.07) is 10.7. The molecule has 3 heteroatoms. The van der Waals surface area contributed by atoms with Crippen molar-refractivity contribution in [2.45, 2.75) is 0 Å². The van der Waals surface area contributed by atoms with Crippen LogP contribution in [0.3, 0.4) is 0 Å². The van der Waals surface area contributed by atoms with Crippen molar-refractivity contribution in [3.05, 3.63) is 42.0 Å². The lowest BCUT2D eigenvalue weighted by atomic mass is 10.0. The molecular formula is C11H7BrO2. The first-order chi connectivity index (χ1) is 6.70. The third kappa shape index (κ3) is 1.40. The minimum atomic E-state index is -0.299. The van der Waals surface area contributed by atoms with Crippen molar-refractivity contribution >= 4 is 31.4 Å². The zero-order valence-electron chi connectivity index (χ0n) is 7.20. The number of hydrogen-bond donors (Lipinski definition) is 1. The van der Waals surface area contributed by atoms with Crippen LogP contribution in [0.25, 0.3) is 10.8 Å². The standard InChI is InChI=1S/C11H7BrO2/c12-11(14)10-8-4-2-1-3-7(8)5-6-9(10)13/h1-6,13H.